The van der Waals surface area contributed by atoms with Gasteiger partial charge in [-0.2, -0.15) is 0 Å². The van der Waals surface area contributed by atoms with Crippen molar-refractivity contribution in [1.29, 1.82) is 0 Å². The van der Waals surface area contributed by atoms with Gasteiger partial charge in [-0.05, 0) is 19.3 Å². The minimum atomic E-state index is -0.120. The average molecular weight is 209 g/mol. The molecule has 5 nitrogen and oxygen atoms in total. The Morgan fingerprint density at radius 3 is 3.07 bits per heavy atom. The van der Waals surface area contributed by atoms with Crippen LogP contribution in [0.1, 0.15) is 25.0 Å². The third kappa shape index (κ3) is 2.56. The summed E-state index contributed by atoms with van der Waals surface area (Å²) < 4.78 is 1.82. The maximum atomic E-state index is 11.4. The summed E-state index contributed by atoms with van der Waals surface area (Å²) in [7, 11) is 1.86. The van der Waals surface area contributed by atoms with Gasteiger partial charge in [-0.25, -0.2) is 10.5 Å². The smallest absolute Gasteiger partial charge is 0.249 e. The predicted molar refractivity (Wildman–Crippen MR) is 53.8 cm³/mol. The number of hydrogen-bond donors (Lipinski definition) is 1. The molecule has 1 heterocycles. The zero-order chi connectivity index (χ0) is 10.7. The van der Waals surface area contributed by atoms with Gasteiger partial charge in [0.15, 0.2) is 0 Å². The van der Waals surface area contributed by atoms with E-state index in [0.29, 0.717) is 6.42 Å². The van der Waals surface area contributed by atoms with Gasteiger partial charge in [-0.1, -0.05) is 0 Å². The first-order chi connectivity index (χ1) is 7.25. The maximum absolute atomic E-state index is 11.4. The van der Waals surface area contributed by atoms with E-state index in [1.54, 1.807) is 12.5 Å². The van der Waals surface area contributed by atoms with E-state index in [2.05, 4.69) is 10.5 Å². The summed E-state index contributed by atoms with van der Waals surface area (Å²) in [5.74, 6) is -0.120. The zero-order valence-electron chi connectivity index (χ0n) is 8.77. The second kappa shape index (κ2) is 4.44. The predicted octanol–water partition coefficient (Wildman–Crippen LogP) is 0.563. The fourth-order valence-electron chi connectivity index (χ4n) is 1.39. The number of hydroxylamine groups is 1. The van der Waals surface area contributed by atoms with Gasteiger partial charge >= 0.3 is 0 Å². The van der Waals surface area contributed by atoms with Gasteiger partial charge in [0.2, 0.25) is 5.91 Å². The number of aryl methyl sites for hydroxylation is 1. The number of nitrogens with zero attached hydrogens (tertiary/aromatic N) is 2. The Morgan fingerprint density at radius 2 is 2.53 bits per heavy atom. The Kier molecular flexibility index (Phi) is 3.01. The Bertz CT molecular complexity index is 344. The summed E-state index contributed by atoms with van der Waals surface area (Å²) in [5, 5.41) is 0. The molecule has 0 saturated heterocycles. The maximum Gasteiger partial charge on any atom is 0.249 e. The van der Waals surface area contributed by atoms with Gasteiger partial charge in [-0.3, -0.25) is 9.63 Å². The second-order valence-corrected chi connectivity index (χ2v) is 3.87. The van der Waals surface area contributed by atoms with Crippen molar-refractivity contribution in [3.05, 3.63) is 18.2 Å². The van der Waals surface area contributed by atoms with Crippen LogP contribution in [0.25, 0.3) is 0 Å². The summed E-state index contributed by atoms with van der Waals surface area (Å²) in [6.07, 6.45) is 7.18. The lowest BCUT2D eigenvalue weighted by molar-refractivity contribution is -0.142. The highest BCUT2D eigenvalue weighted by atomic mass is 16.7. The van der Waals surface area contributed by atoms with E-state index in [4.69, 9.17) is 4.84 Å². The average Bonchev–Trinajstić information content (AvgIpc) is 2.49. The third-order valence-electron chi connectivity index (χ3n) is 2.65. The molecule has 1 saturated carbocycles. The summed E-state index contributed by atoms with van der Waals surface area (Å²) >= 11 is 0. The van der Waals surface area contributed by atoms with Crippen LogP contribution in [0.15, 0.2) is 12.5 Å². The molecule has 5 heteroatoms. The summed E-state index contributed by atoms with van der Waals surface area (Å²) in [5.41, 5.74) is 3.35. The monoisotopic (exact) mass is 209 g/mol. The number of amides is 1. The molecule has 1 N–H and O–H groups in total. The topological polar surface area (TPSA) is 56.2 Å². The van der Waals surface area contributed by atoms with Crippen molar-refractivity contribution in [2.24, 2.45) is 7.05 Å². The van der Waals surface area contributed by atoms with Crippen molar-refractivity contribution >= 4 is 5.91 Å². The quantitative estimate of drug-likeness (QED) is 0.737. The highest BCUT2D eigenvalue weighted by molar-refractivity contribution is 5.77. The molecule has 1 aromatic rings. The van der Waals surface area contributed by atoms with Crippen molar-refractivity contribution < 1.29 is 9.63 Å². The van der Waals surface area contributed by atoms with Gasteiger partial charge in [0.05, 0.1) is 18.9 Å². The van der Waals surface area contributed by atoms with Crippen LogP contribution < -0.4 is 5.48 Å². The fourth-order valence-corrected chi connectivity index (χ4v) is 1.39. The van der Waals surface area contributed by atoms with E-state index in [-0.39, 0.29) is 12.0 Å². The molecular weight excluding hydrogens is 194 g/mol. The Labute approximate surface area is 88.4 Å². The van der Waals surface area contributed by atoms with Crippen molar-refractivity contribution in [2.45, 2.75) is 31.8 Å². The van der Waals surface area contributed by atoms with Crippen molar-refractivity contribution in [1.82, 2.24) is 15.0 Å². The van der Waals surface area contributed by atoms with Crippen LogP contribution >= 0.6 is 0 Å². The number of imidazole rings is 1. The van der Waals surface area contributed by atoms with Crippen LogP contribution in [-0.2, 0) is 23.1 Å². The summed E-state index contributed by atoms with van der Waals surface area (Å²) in [6, 6.07) is 0. The van der Waals surface area contributed by atoms with Crippen molar-refractivity contribution in [3.8, 4) is 0 Å². The molecule has 82 valence electrons. The first-order valence-corrected chi connectivity index (χ1v) is 5.15. The normalized spacial score (nSPS) is 16.1. The van der Waals surface area contributed by atoms with Crippen LogP contribution in [0.5, 0.6) is 0 Å². The van der Waals surface area contributed by atoms with Crippen LogP contribution in [0, 0.1) is 0 Å². The lowest BCUT2D eigenvalue weighted by Gasteiger charge is -2.24. The van der Waals surface area contributed by atoms with Gasteiger partial charge in [0.25, 0.3) is 0 Å². The highest BCUT2D eigenvalue weighted by Gasteiger charge is 2.19. The summed E-state index contributed by atoms with van der Waals surface area (Å²) in [4.78, 5) is 20.6. The minimum absolute atomic E-state index is 0.120. The highest BCUT2D eigenvalue weighted by Crippen LogP contribution is 2.20. The first-order valence-electron chi connectivity index (χ1n) is 5.15. The molecule has 0 radical (unpaired) electrons. The van der Waals surface area contributed by atoms with Crippen molar-refractivity contribution in [3.63, 3.8) is 0 Å². The van der Waals surface area contributed by atoms with E-state index in [9.17, 15) is 4.79 Å². The number of aromatic nitrogens is 2. The minimum Gasteiger partial charge on any atom is -0.337 e. The molecule has 0 unspecified atom stereocenters. The Balaban J connectivity index is 1.74. The molecule has 1 aliphatic carbocycles. The molecule has 1 aromatic heterocycles. The van der Waals surface area contributed by atoms with Gasteiger partial charge in [0.1, 0.15) is 0 Å². The third-order valence-corrected chi connectivity index (χ3v) is 2.65. The summed E-state index contributed by atoms with van der Waals surface area (Å²) in [6.45, 7) is 0. The van der Waals surface area contributed by atoms with E-state index in [1.165, 1.54) is 6.42 Å². The number of rotatable bonds is 4. The molecular formula is C10H15N3O2. The van der Waals surface area contributed by atoms with Gasteiger partial charge in [-0.15, -0.1) is 0 Å². The van der Waals surface area contributed by atoms with Gasteiger partial charge < -0.3 is 4.57 Å². The number of nitrogens with one attached hydrogen (secondary N) is 1. The number of carbonyl (C=O) groups is 1. The van der Waals surface area contributed by atoms with E-state index < -0.39 is 0 Å². The zero-order valence-corrected chi connectivity index (χ0v) is 8.77. The van der Waals surface area contributed by atoms with E-state index in [1.807, 2.05) is 11.6 Å². The fraction of sp³-hybridized carbons (Fsp3) is 0.600. The molecule has 0 atom stereocenters. The number of carbonyl (C=O) groups excluding carboxylic acids is 1. The molecule has 0 bridgehead atoms. The van der Waals surface area contributed by atoms with Crippen LogP contribution in [-0.4, -0.2) is 21.6 Å². The van der Waals surface area contributed by atoms with Crippen molar-refractivity contribution in [2.75, 3.05) is 0 Å². The molecule has 1 aliphatic rings. The molecule has 0 aliphatic heterocycles. The molecule has 15 heavy (non-hydrogen) atoms. The molecule has 2 rings (SSSR count). The van der Waals surface area contributed by atoms with Crippen LogP contribution in [0.4, 0.5) is 0 Å². The molecule has 1 fully saturated rings. The second-order valence-electron chi connectivity index (χ2n) is 3.87. The lowest BCUT2D eigenvalue weighted by atomic mass is 9.97. The largest absolute Gasteiger partial charge is 0.337 e. The van der Waals surface area contributed by atoms with Crippen LogP contribution in [0.2, 0.25) is 0 Å². The molecule has 0 spiro atoms. The Hall–Kier alpha value is -1.36. The van der Waals surface area contributed by atoms with E-state index in [0.717, 1.165) is 18.5 Å². The lowest BCUT2D eigenvalue weighted by Crippen LogP contribution is -2.34. The number of hydrogen-bond acceptors (Lipinski definition) is 3. The van der Waals surface area contributed by atoms with E-state index >= 15 is 0 Å². The molecule has 1 amide bonds. The van der Waals surface area contributed by atoms with Gasteiger partial charge in [0, 0.05) is 18.9 Å². The molecule has 0 aromatic carbocycles. The first kappa shape index (κ1) is 10.2. The SMILES string of the molecule is Cn1cncc1CC(=O)NOC1CCC1. The Morgan fingerprint density at radius 1 is 1.73 bits per heavy atom. The van der Waals surface area contributed by atoms with Crippen LogP contribution in [0.3, 0.4) is 0 Å². The standard InChI is InChI=1S/C10H15N3O2/c1-13-7-11-6-8(13)5-10(14)12-15-9-3-2-4-9/h6-7,9H,2-5H2,1H3,(H,12,14).